The number of halogens is 7. The van der Waals surface area contributed by atoms with Crippen molar-refractivity contribution in [3.8, 4) is 16.9 Å². The van der Waals surface area contributed by atoms with Crippen LogP contribution in [0, 0.1) is 35.2 Å². The van der Waals surface area contributed by atoms with Crippen LogP contribution in [0.15, 0.2) is 55.1 Å². The Morgan fingerprint density at radius 1 is 0.811 bits per heavy atom. The van der Waals surface area contributed by atoms with E-state index in [2.05, 4.69) is 17.4 Å². The van der Waals surface area contributed by atoms with Crippen molar-refractivity contribution in [1.29, 1.82) is 0 Å². The van der Waals surface area contributed by atoms with Crippen LogP contribution in [0.3, 0.4) is 0 Å². The van der Waals surface area contributed by atoms with Gasteiger partial charge in [0.25, 0.3) is 6.08 Å². The molecule has 37 heavy (non-hydrogen) atoms. The number of ether oxygens (including phenoxy) is 1. The average molecular weight is 527 g/mol. The van der Waals surface area contributed by atoms with E-state index in [-0.39, 0.29) is 17.0 Å². The maximum Gasteiger partial charge on any atom is 0.425 e. The Morgan fingerprint density at radius 3 is 1.89 bits per heavy atom. The van der Waals surface area contributed by atoms with Crippen molar-refractivity contribution in [3.05, 3.63) is 78.2 Å². The van der Waals surface area contributed by atoms with Gasteiger partial charge in [-0.2, -0.15) is 17.6 Å². The predicted octanol–water partition coefficient (Wildman–Crippen LogP) is 9.79. The normalized spacial score (nSPS) is 24.4. The van der Waals surface area contributed by atoms with Gasteiger partial charge in [0.15, 0.2) is 17.4 Å². The van der Waals surface area contributed by atoms with Crippen LogP contribution in [-0.2, 0) is 0 Å². The molecule has 0 bridgehead atoms. The van der Waals surface area contributed by atoms with Crippen molar-refractivity contribution in [2.45, 2.75) is 63.4 Å². The third-order valence-corrected chi connectivity index (χ3v) is 7.88. The average Bonchev–Trinajstić information content (AvgIpc) is 2.85. The zero-order valence-electron chi connectivity index (χ0n) is 20.3. The first kappa shape index (κ1) is 27.3. The van der Waals surface area contributed by atoms with Crippen LogP contribution in [0.2, 0.25) is 0 Å². The zero-order chi connectivity index (χ0) is 26.7. The summed E-state index contributed by atoms with van der Waals surface area (Å²) in [6.45, 7) is 3.91. The highest BCUT2D eigenvalue weighted by molar-refractivity contribution is 5.66. The van der Waals surface area contributed by atoms with E-state index in [9.17, 15) is 26.3 Å². The number of alkyl halides is 2. The smallest absolute Gasteiger partial charge is 0.423 e. The van der Waals surface area contributed by atoms with Crippen LogP contribution in [0.5, 0.6) is 5.75 Å². The molecule has 0 aliphatic heterocycles. The lowest BCUT2D eigenvalue weighted by atomic mass is 9.68. The molecule has 2 aromatic carbocycles. The Bertz CT molecular complexity index is 1120. The second-order valence-corrected chi connectivity index (χ2v) is 10.1. The number of hydrogen-bond acceptors (Lipinski definition) is 1. The Kier molecular flexibility index (Phi) is 8.34. The van der Waals surface area contributed by atoms with Crippen molar-refractivity contribution in [1.82, 2.24) is 0 Å². The topological polar surface area (TPSA) is 9.23 Å². The minimum Gasteiger partial charge on any atom is -0.423 e. The van der Waals surface area contributed by atoms with E-state index in [0.29, 0.717) is 24.0 Å². The first-order valence-electron chi connectivity index (χ1n) is 12.6. The summed E-state index contributed by atoms with van der Waals surface area (Å²) in [5, 5.41) is 0. The Labute approximate surface area is 212 Å². The van der Waals surface area contributed by atoms with E-state index in [4.69, 9.17) is 0 Å². The fourth-order valence-corrected chi connectivity index (χ4v) is 5.90. The molecule has 8 heteroatoms. The monoisotopic (exact) mass is 526 g/mol. The zero-order valence-corrected chi connectivity index (χ0v) is 20.3. The van der Waals surface area contributed by atoms with Gasteiger partial charge >= 0.3 is 6.11 Å². The van der Waals surface area contributed by atoms with Crippen molar-refractivity contribution in [2.75, 3.05) is 0 Å². The molecule has 0 saturated heterocycles. The molecule has 0 aromatic heterocycles. The van der Waals surface area contributed by atoms with Gasteiger partial charge in [0.05, 0.1) is 6.08 Å². The van der Waals surface area contributed by atoms with E-state index in [0.717, 1.165) is 37.2 Å². The number of allylic oxidation sites excluding steroid dienone is 1. The number of hydrogen-bond donors (Lipinski definition) is 0. The van der Waals surface area contributed by atoms with Crippen molar-refractivity contribution in [3.63, 3.8) is 0 Å². The molecule has 1 nitrogen and oxygen atoms in total. The predicted molar refractivity (Wildman–Crippen MR) is 128 cm³/mol. The maximum atomic E-state index is 15.0. The van der Waals surface area contributed by atoms with Gasteiger partial charge in [-0.3, -0.25) is 0 Å². The summed E-state index contributed by atoms with van der Waals surface area (Å²) in [6, 6.07) is 5.77. The van der Waals surface area contributed by atoms with Gasteiger partial charge in [-0.25, -0.2) is 13.2 Å². The lowest BCUT2D eigenvalue weighted by molar-refractivity contribution is -0.137. The van der Waals surface area contributed by atoms with Gasteiger partial charge in [-0.1, -0.05) is 18.2 Å². The lowest BCUT2D eigenvalue weighted by Gasteiger charge is -2.37. The molecule has 2 aliphatic rings. The minimum atomic E-state index is -4.63. The fraction of sp³-hybridized carbons (Fsp3) is 0.448. The quantitative estimate of drug-likeness (QED) is 0.258. The summed E-state index contributed by atoms with van der Waals surface area (Å²) in [5.41, 5.74) is 0.485. The van der Waals surface area contributed by atoms with Crippen LogP contribution in [0.4, 0.5) is 30.7 Å². The van der Waals surface area contributed by atoms with Crippen LogP contribution in [0.1, 0.15) is 62.8 Å². The molecule has 2 aromatic rings. The Morgan fingerprint density at radius 2 is 1.38 bits per heavy atom. The second kappa shape index (κ2) is 11.3. The number of benzene rings is 2. The highest BCUT2D eigenvalue weighted by atomic mass is 19.3. The summed E-state index contributed by atoms with van der Waals surface area (Å²) >= 11 is 0. The van der Waals surface area contributed by atoms with E-state index in [1.807, 2.05) is 0 Å². The van der Waals surface area contributed by atoms with Crippen LogP contribution < -0.4 is 4.74 Å². The van der Waals surface area contributed by atoms with E-state index < -0.39 is 41.5 Å². The molecule has 0 spiro atoms. The van der Waals surface area contributed by atoms with Crippen molar-refractivity contribution in [2.24, 2.45) is 17.8 Å². The molecule has 0 amide bonds. The Hall–Kier alpha value is -2.77. The van der Waals surface area contributed by atoms with Crippen LogP contribution in [-0.4, -0.2) is 6.11 Å². The van der Waals surface area contributed by atoms with E-state index >= 15 is 4.39 Å². The third-order valence-electron chi connectivity index (χ3n) is 7.88. The van der Waals surface area contributed by atoms with Gasteiger partial charge < -0.3 is 4.74 Å². The largest absolute Gasteiger partial charge is 0.425 e. The molecule has 200 valence electrons. The molecule has 0 atom stereocenters. The summed E-state index contributed by atoms with van der Waals surface area (Å²) in [4.78, 5) is 0. The molecular formula is C29H29F7O. The third kappa shape index (κ3) is 6.57. The van der Waals surface area contributed by atoms with Gasteiger partial charge in [0.2, 0.25) is 0 Å². The highest BCUT2D eigenvalue weighted by Crippen LogP contribution is 2.44. The molecular weight excluding hydrogens is 497 g/mol. The lowest BCUT2D eigenvalue weighted by Crippen LogP contribution is -2.25. The van der Waals surface area contributed by atoms with Crippen LogP contribution >= 0.6 is 0 Å². The highest BCUT2D eigenvalue weighted by Gasteiger charge is 2.34. The fourth-order valence-electron chi connectivity index (χ4n) is 5.90. The maximum absolute atomic E-state index is 15.0. The summed E-state index contributed by atoms with van der Waals surface area (Å²) in [7, 11) is 0. The Balaban J connectivity index is 1.43. The molecule has 2 fully saturated rings. The molecule has 0 unspecified atom stereocenters. The summed E-state index contributed by atoms with van der Waals surface area (Å²) in [6.07, 6.45) is 2.72. The minimum absolute atomic E-state index is 0.109. The summed E-state index contributed by atoms with van der Waals surface area (Å²) in [5.74, 6) is -3.11. The van der Waals surface area contributed by atoms with Crippen molar-refractivity contribution < 1.29 is 35.5 Å². The van der Waals surface area contributed by atoms with Crippen LogP contribution in [0.25, 0.3) is 11.1 Å². The molecule has 2 saturated carbocycles. The molecule has 2 aliphatic carbocycles. The standard InChI is InChI=1S/C29H29F7O/c1-2-17-3-5-18(6-4-17)19-7-9-20(10-8-19)21-11-12-23(24(30)13-21)22-14-25(31)28(26(32)15-22)37-29(35,36)16-27(33)34/h2,11-20H,1,3-10H2. The first-order chi connectivity index (χ1) is 17.6. The molecule has 0 radical (unpaired) electrons. The molecule has 0 N–H and O–H groups in total. The van der Waals surface area contributed by atoms with E-state index in [1.54, 1.807) is 6.07 Å². The molecule has 4 rings (SSSR count). The second-order valence-electron chi connectivity index (χ2n) is 10.1. The number of rotatable bonds is 7. The van der Waals surface area contributed by atoms with Gasteiger partial charge in [-0.05, 0) is 104 Å². The first-order valence-corrected chi connectivity index (χ1v) is 12.6. The molecule has 0 heterocycles. The summed E-state index contributed by atoms with van der Waals surface area (Å²) < 4.78 is 98.6. The van der Waals surface area contributed by atoms with Gasteiger partial charge in [0.1, 0.15) is 5.82 Å². The van der Waals surface area contributed by atoms with Gasteiger partial charge in [0, 0.05) is 5.56 Å². The van der Waals surface area contributed by atoms with E-state index in [1.165, 1.54) is 37.8 Å². The SMILES string of the molecule is C=CC1CCC(C2CCC(c3ccc(-c4cc(F)c(OC(F)(F)C=C(F)F)c(F)c4)c(F)c3)CC2)CC1. The van der Waals surface area contributed by atoms with Gasteiger partial charge in [-0.15, -0.1) is 6.58 Å². The van der Waals surface area contributed by atoms with Crippen molar-refractivity contribution >= 4 is 0 Å².